The lowest BCUT2D eigenvalue weighted by Crippen LogP contribution is -2.06. The van der Waals surface area contributed by atoms with Gasteiger partial charge < -0.3 is 4.74 Å². The molecule has 3 aromatic rings. The van der Waals surface area contributed by atoms with Crippen molar-refractivity contribution in [2.45, 2.75) is 19.0 Å². The average Bonchev–Trinajstić information content (AvgIpc) is 3.07. The lowest BCUT2D eigenvalue weighted by molar-refractivity contribution is 0.102. The number of methoxy groups -OCH3 is 1. The van der Waals surface area contributed by atoms with Crippen LogP contribution in [0.25, 0.3) is 5.69 Å². The molecule has 0 saturated carbocycles. The molecule has 1 heterocycles. The Kier molecular flexibility index (Phi) is 5.32. The number of hydrogen-bond acceptors (Lipinski definition) is 6. The van der Waals surface area contributed by atoms with Gasteiger partial charge >= 0.3 is 0 Å². The maximum atomic E-state index is 13.8. The largest absolute Gasteiger partial charge is 0.494 e. The number of halogens is 1. The molecule has 0 fully saturated rings. The predicted octanol–water partition coefficient (Wildman–Crippen LogP) is 3.40. The van der Waals surface area contributed by atoms with Crippen molar-refractivity contribution in [1.29, 1.82) is 0 Å². The van der Waals surface area contributed by atoms with E-state index in [0.29, 0.717) is 5.16 Å². The van der Waals surface area contributed by atoms with E-state index >= 15 is 0 Å². The SMILES string of the molecule is COc1ccc(C(=O)CSc2nnnn2-c2cc(C)cc(C)c2)cc1F. The average molecular weight is 372 g/mol. The van der Waals surface area contributed by atoms with Crippen molar-refractivity contribution in [3.8, 4) is 11.4 Å². The zero-order chi connectivity index (χ0) is 18.7. The number of hydrogen-bond donors (Lipinski definition) is 0. The smallest absolute Gasteiger partial charge is 0.214 e. The number of carbonyl (C=O) groups excluding carboxylic acids is 1. The maximum absolute atomic E-state index is 13.8. The maximum Gasteiger partial charge on any atom is 0.214 e. The molecule has 0 amide bonds. The van der Waals surface area contributed by atoms with Gasteiger partial charge in [-0.25, -0.2) is 4.39 Å². The molecule has 134 valence electrons. The number of tetrazole rings is 1. The summed E-state index contributed by atoms with van der Waals surface area (Å²) in [6.07, 6.45) is 0. The van der Waals surface area contributed by atoms with Crippen LogP contribution in [-0.2, 0) is 0 Å². The van der Waals surface area contributed by atoms with E-state index in [4.69, 9.17) is 4.74 Å². The Balaban J connectivity index is 1.76. The van der Waals surface area contributed by atoms with Crippen LogP contribution < -0.4 is 4.74 Å². The summed E-state index contributed by atoms with van der Waals surface area (Å²) in [5.74, 6) is -0.584. The Labute approximate surface area is 154 Å². The fraction of sp³-hybridized carbons (Fsp3) is 0.222. The van der Waals surface area contributed by atoms with Crippen molar-refractivity contribution in [2.24, 2.45) is 0 Å². The highest BCUT2D eigenvalue weighted by Crippen LogP contribution is 2.23. The van der Waals surface area contributed by atoms with Crippen LogP contribution in [0.4, 0.5) is 4.39 Å². The van der Waals surface area contributed by atoms with Gasteiger partial charge in [-0.2, -0.15) is 4.68 Å². The molecule has 0 unspecified atom stereocenters. The summed E-state index contributed by atoms with van der Waals surface area (Å²) < 4.78 is 20.2. The summed E-state index contributed by atoms with van der Waals surface area (Å²) in [5.41, 5.74) is 3.30. The first kappa shape index (κ1) is 18.1. The van der Waals surface area contributed by atoms with E-state index in [2.05, 4.69) is 21.6 Å². The molecule has 8 heteroatoms. The first-order valence-corrected chi connectivity index (χ1v) is 8.83. The van der Waals surface area contributed by atoms with E-state index in [-0.39, 0.29) is 22.8 Å². The molecule has 0 aliphatic heterocycles. The van der Waals surface area contributed by atoms with Gasteiger partial charge in [-0.05, 0) is 65.7 Å². The minimum atomic E-state index is -0.566. The van der Waals surface area contributed by atoms with Gasteiger partial charge in [0.2, 0.25) is 5.16 Å². The summed E-state index contributed by atoms with van der Waals surface area (Å²) in [7, 11) is 1.38. The van der Waals surface area contributed by atoms with Gasteiger partial charge in [-0.3, -0.25) is 4.79 Å². The second-order valence-electron chi connectivity index (χ2n) is 5.78. The predicted molar refractivity (Wildman–Crippen MR) is 96.6 cm³/mol. The summed E-state index contributed by atoms with van der Waals surface area (Å²) in [6, 6.07) is 10.1. The van der Waals surface area contributed by atoms with Crippen molar-refractivity contribution in [3.05, 3.63) is 58.9 Å². The van der Waals surface area contributed by atoms with E-state index in [0.717, 1.165) is 16.8 Å². The third kappa shape index (κ3) is 3.91. The summed E-state index contributed by atoms with van der Waals surface area (Å²) in [4.78, 5) is 12.3. The first-order chi connectivity index (χ1) is 12.5. The molecule has 0 saturated heterocycles. The van der Waals surface area contributed by atoms with Gasteiger partial charge in [0, 0.05) is 5.56 Å². The normalized spacial score (nSPS) is 10.8. The van der Waals surface area contributed by atoms with Crippen molar-refractivity contribution >= 4 is 17.5 Å². The number of ketones is 1. The Morgan fingerprint density at radius 3 is 2.58 bits per heavy atom. The van der Waals surface area contributed by atoms with Crippen molar-refractivity contribution in [2.75, 3.05) is 12.9 Å². The number of aryl methyl sites for hydroxylation is 2. The van der Waals surface area contributed by atoms with E-state index in [1.165, 1.54) is 37.1 Å². The number of carbonyl (C=O) groups is 1. The third-order valence-electron chi connectivity index (χ3n) is 3.70. The zero-order valence-corrected chi connectivity index (χ0v) is 15.4. The van der Waals surface area contributed by atoms with Crippen molar-refractivity contribution < 1.29 is 13.9 Å². The number of aromatic nitrogens is 4. The quantitative estimate of drug-likeness (QED) is 0.488. The number of rotatable bonds is 6. The molecule has 0 N–H and O–H groups in total. The summed E-state index contributed by atoms with van der Waals surface area (Å²) >= 11 is 1.20. The first-order valence-electron chi connectivity index (χ1n) is 7.84. The molecule has 0 aliphatic carbocycles. The van der Waals surface area contributed by atoms with Crippen molar-refractivity contribution in [3.63, 3.8) is 0 Å². The molecule has 0 radical (unpaired) electrons. The lowest BCUT2D eigenvalue weighted by Gasteiger charge is -2.07. The fourth-order valence-corrected chi connectivity index (χ4v) is 3.34. The molecule has 1 aromatic heterocycles. The van der Waals surface area contributed by atoms with Crippen LogP contribution in [0, 0.1) is 19.7 Å². The summed E-state index contributed by atoms with van der Waals surface area (Å²) in [6.45, 7) is 3.99. The minimum absolute atomic E-state index is 0.0942. The molecule has 26 heavy (non-hydrogen) atoms. The Hall–Kier alpha value is -2.74. The van der Waals surface area contributed by atoms with Crippen LogP contribution >= 0.6 is 11.8 Å². The van der Waals surface area contributed by atoms with Gasteiger partial charge in [0.25, 0.3) is 0 Å². The Morgan fingerprint density at radius 1 is 1.19 bits per heavy atom. The number of Topliss-reactive ketones (excluding diaryl/α,β-unsaturated/α-hetero) is 1. The van der Waals surface area contributed by atoms with Crippen LogP contribution in [0.15, 0.2) is 41.6 Å². The number of nitrogens with zero attached hydrogens (tertiary/aromatic N) is 4. The fourth-order valence-electron chi connectivity index (χ4n) is 2.56. The zero-order valence-electron chi connectivity index (χ0n) is 14.6. The molecule has 0 atom stereocenters. The molecular formula is C18H17FN4O2S. The number of thioether (sulfide) groups is 1. The Morgan fingerprint density at radius 2 is 1.92 bits per heavy atom. The number of ether oxygens (including phenoxy) is 1. The molecule has 2 aromatic carbocycles. The topological polar surface area (TPSA) is 69.9 Å². The monoisotopic (exact) mass is 372 g/mol. The molecule has 6 nitrogen and oxygen atoms in total. The third-order valence-corrected chi connectivity index (χ3v) is 4.62. The van der Waals surface area contributed by atoms with Crippen LogP contribution in [0.3, 0.4) is 0 Å². The van der Waals surface area contributed by atoms with Crippen LogP contribution in [0.5, 0.6) is 5.75 Å². The van der Waals surface area contributed by atoms with Crippen LogP contribution in [0.1, 0.15) is 21.5 Å². The molecule has 0 aliphatic rings. The summed E-state index contributed by atoms with van der Waals surface area (Å²) in [5, 5.41) is 12.2. The standard InChI is InChI=1S/C18H17FN4O2S/c1-11-6-12(2)8-14(7-11)23-18(20-21-22-23)26-10-16(24)13-4-5-17(25-3)15(19)9-13/h4-9H,10H2,1-3H3. The second kappa shape index (κ2) is 7.65. The van der Waals surface area contributed by atoms with E-state index in [1.807, 2.05) is 26.0 Å². The molecule has 0 spiro atoms. The van der Waals surface area contributed by atoms with Gasteiger partial charge in [-0.1, -0.05) is 17.8 Å². The van der Waals surface area contributed by atoms with Gasteiger partial charge in [0.05, 0.1) is 18.6 Å². The van der Waals surface area contributed by atoms with Gasteiger partial charge in [0.15, 0.2) is 17.3 Å². The molecule has 0 bridgehead atoms. The minimum Gasteiger partial charge on any atom is -0.494 e. The molecular weight excluding hydrogens is 355 g/mol. The van der Waals surface area contributed by atoms with Crippen molar-refractivity contribution in [1.82, 2.24) is 20.2 Å². The van der Waals surface area contributed by atoms with E-state index in [9.17, 15) is 9.18 Å². The second-order valence-corrected chi connectivity index (χ2v) is 6.72. The van der Waals surface area contributed by atoms with Gasteiger partial charge in [0.1, 0.15) is 0 Å². The van der Waals surface area contributed by atoms with Gasteiger partial charge in [-0.15, -0.1) is 5.10 Å². The highest BCUT2D eigenvalue weighted by atomic mass is 32.2. The highest BCUT2D eigenvalue weighted by molar-refractivity contribution is 7.99. The van der Waals surface area contributed by atoms with E-state index in [1.54, 1.807) is 4.68 Å². The Bertz CT molecular complexity index is 938. The lowest BCUT2D eigenvalue weighted by atomic mass is 10.1. The molecule has 3 rings (SSSR count). The highest BCUT2D eigenvalue weighted by Gasteiger charge is 2.15. The van der Waals surface area contributed by atoms with Crippen LogP contribution in [-0.4, -0.2) is 38.9 Å². The number of benzene rings is 2. The van der Waals surface area contributed by atoms with E-state index < -0.39 is 5.82 Å². The van der Waals surface area contributed by atoms with Crippen LogP contribution in [0.2, 0.25) is 0 Å².